The second kappa shape index (κ2) is 12.9. The number of allylic oxidation sites excluding steroid dienone is 1. The normalized spacial score (nSPS) is 16.9. The number of aromatic nitrogens is 4. The predicted octanol–water partition coefficient (Wildman–Crippen LogP) is 4.49. The molecule has 2 atom stereocenters. The lowest BCUT2D eigenvalue weighted by Gasteiger charge is -2.28. The maximum atomic E-state index is 14.0. The van der Waals surface area contributed by atoms with Gasteiger partial charge >= 0.3 is 0 Å². The first-order valence-corrected chi connectivity index (χ1v) is 15.1. The maximum absolute atomic E-state index is 14.0. The molecule has 0 bridgehead atoms. The van der Waals surface area contributed by atoms with E-state index in [0.29, 0.717) is 42.9 Å². The molecule has 6 rings (SSSR count). The number of fused-ring (bicyclic) bond motifs is 2. The average molecular weight is 605 g/mol. The van der Waals surface area contributed by atoms with E-state index in [1.807, 2.05) is 79.9 Å². The number of para-hydroxylation sites is 1. The van der Waals surface area contributed by atoms with Crippen molar-refractivity contribution >= 4 is 34.1 Å². The third-order valence-electron chi connectivity index (χ3n) is 8.33. The molecule has 1 aliphatic rings. The van der Waals surface area contributed by atoms with Crippen LogP contribution in [0.4, 0.5) is 11.4 Å². The summed E-state index contributed by atoms with van der Waals surface area (Å²) in [7, 11) is 0. The Morgan fingerprint density at radius 3 is 2.73 bits per heavy atom. The lowest BCUT2D eigenvalue weighted by molar-refractivity contribution is -0.139. The molecule has 10 heteroatoms. The van der Waals surface area contributed by atoms with E-state index in [4.69, 9.17) is 5.11 Å². The molecule has 0 fully saturated rings. The number of hydrogen-bond donors (Lipinski definition) is 4. The number of anilines is 2. The third-order valence-corrected chi connectivity index (χ3v) is 8.33. The molecule has 0 saturated carbocycles. The number of hydrogen-bond acceptors (Lipinski definition) is 6. The predicted molar refractivity (Wildman–Crippen MR) is 172 cm³/mol. The van der Waals surface area contributed by atoms with Gasteiger partial charge in [-0.3, -0.25) is 14.3 Å². The summed E-state index contributed by atoms with van der Waals surface area (Å²) in [5.74, 6) is -1.18. The molecule has 2 amide bonds. The number of nitrogens with zero attached hydrogens (tertiary/aromatic N) is 4. The molecule has 0 saturated heterocycles. The van der Waals surface area contributed by atoms with E-state index in [1.54, 1.807) is 34.0 Å². The summed E-state index contributed by atoms with van der Waals surface area (Å²) in [6.45, 7) is 2.71. The fourth-order valence-corrected chi connectivity index (χ4v) is 5.93. The molecule has 0 spiro atoms. The Bertz CT molecular complexity index is 1850. The summed E-state index contributed by atoms with van der Waals surface area (Å²) >= 11 is 0. The maximum Gasteiger partial charge on any atom is 0.264 e. The number of aliphatic hydroxyl groups is 2. The van der Waals surface area contributed by atoms with E-state index in [0.717, 1.165) is 27.7 Å². The first-order chi connectivity index (χ1) is 21.9. The van der Waals surface area contributed by atoms with E-state index in [2.05, 4.69) is 20.6 Å². The van der Waals surface area contributed by atoms with Crippen molar-refractivity contribution in [1.29, 1.82) is 0 Å². The molecule has 0 unspecified atom stereocenters. The minimum atomic E-state index is -1.83. The molecule has 1 aliphatic heterocycles. The van der Waals surface area contributed by atoms with Gasteiger partial charge in [-0.1, -0.05) is 72.8 Å². The van der Waals surface area contributed by atoms with Crippen molar-refractivity contribution in [1.82, 2.24) is 20.0 Å². The summed E-state index contributed by atoms with van der Waals surface area (Å²) in [6.07, 6.45) is 8.66. The van der Waals surface area contributed by atoms with Gasteiger partial charge in [-0.2, -0.15) is 0 Å². The van der Waals surface area contributed by atoms with Crippen LogP contribution in [0.1, 0.15) is 35.7 Å². The fourth-order valence-electron chi connectivity index (χ4n) is 5.93. The lowest BCUT2D eigenvalue weighted by atomic mass is 9.82. The number of aryl methyl sites for hydroxylation is 1. The van der Waals surface area contributed by atoms with Crippen LogP contribution < -0.4 is 10.2 Å². The molecule has 4 N–H and O–H groups in total. The Morgan fingerprint density at radius 2 is 1.91 bits per heavy atom. The Morgan fingerprint density at radius 1 is 1.11 bits per heavy atom. The number of H-pyrrole nitrogens is 1. The average Bonchev–Trinajstić information content (AvgIpc) is 3.73. The summed E-state index contributed by atoms with van der Waals surface area (Å²) in [4.78, 5) is 32.0. The highest BCUT2D eigenvalue weighted by Crippen LogP contribution is 2.47. The highest BCUT2D eigenvalue weighted by atomic mass is 16.3. The highest BCUT2D eigenvalue weighted by molar-refractivity contribution is 6.08. The van der Waals surface area contributed by atoms with E-state index >= 15 is 0 Å². The number of aromatic amines is 1. The molecule has 230 valence electrons. The number of carbonyl (C=O) groups is 2. The van der Waals surface area contributed by atoms with Crippen LogP contribution in [0, 0.1) is 5.92 Å². The SMILES string of the molecule is C[C@@H](/C=C/CCn1cc(CCO)nn1)[C@]1(O)C(=O)N(Cc2ccccc2)c2ccc(NC(=O)Cc3c[nH]c4ccccc34)cc21. The van der Waals surface area contributed by atoms with Gasteiger partial charge < -0.3 is 25.4 Å². The first-order valence-electron chi connectivity index (χ1n) is 15.1. The molecule has 3 heterocycles. The van der Waals surface area contributed by atoms with Gasteiger partial charge in [0, 0.05) is 60.0 Å². The van der Waals surface area contributed by atoms with Gasteiger partial charge in [0.25, 0.3) is 5.91 Å². The van der Waals surface area contributed by atoms with Gasteiger partial charge in [-0.15, -0.1) is 5.10 Å². The minimum Gasteiger partial charge on any atom is -0.396 e. The molecule has 3 aromatic carbocycles. The zero-order valence-corrected chi connectivity index (χ0v) is 25.1. The van der Waals surface area contributed by atoms with Gasteiger partial charge in [-0.05, 0) is 41.8 Å². The van der Waals surface area contributed by atoms with Gasteiger partial charge in [0.05, 0.1) is 24.3 Å². The Balaban J connectivity index is 1.23. The van der Waals surface area contributed by atoms with E-state index in [9.17, 15) is 14.7 Å². The van der Waals surface area contributed by atoms with Crippen LogP contribution in [0.5, 0.6) is 0 Å². The molecular formula is C35H36N6O4. The number of rotatable bonds is 12. The summed E-state index contributed by atoms with van der Waals surface area (Å²) in [5, 5.41) is 33.4. The summed E-state index contributed by atoms with van der Waals surface area (Å²) < 4.78 is 1.71. The quantitative estimate of drug-likeness (QED) is 0.155. The standard InChI is InChI=1S/C35H36N6O4/c1-24(9-7-8-17-40-23-28(16-18-42)38-39-40)35(45)30-20-27(37-33(43)19-26-21-36-31-13-6-5-12-29(26)31)14-15-32(30)41(34(35)44)22-25-10-3-2-4-11-25/h2-7,9-15,20-21,23-24,36,42,45H,8,16-19,22H2,1H3,(H,37,43)/b9-7+/t24-,35+/m0/s1. The van der Waals surface area contributed by atoms with Gasteiger partial charge in [0.2, 0.25) is 5.91 Å². The van der Waals surface area contributed by atoms with Crippen LogP contribution in [0.25, 0.3) is 10.9 Å². The number of nitrogens with one attached hydrogen (secondary N) is 2. The van der Waals surface area contributed by atoms with Crippen LogP contribution in [0.2, 0.25) is 0 Å². The molecule has 10 nitrogen and oxygen atoms in total. The molecular weight excluding hydrogens is 568 g/mol. The van der Waals surface area contributed by atoms with E-state index in [1.165, 1.54) is 0 Å². The van der Waals surface area contributed by atoms with Gasteiger partial charge in [-0.25, -0.2) is 0 Å². The highest BCUT2D eigenvalue weighted by Gasteiger charge is 2.52. The number of benzene rings is 3. The second-order valence-corrected chi connectivity index (χ2v) is 11.4. The van der Waals surface area contributed by atoms with Crippen LogP contribution in [0.15, 0.2) is 97.3 Å². The topological polar surface area (TPSA) is 136 Å². The van der Waals surface area contributed by atoms with Crippen LogP contribution in [-0.2, 0) is 41.1 Å². The third kappa shape index (κ3) is 6.15. The zero-order chi connectivity index (χ0) is 31.4. The largest absolute Gasteiger partial charge is 0.396 e. The van der Waals surface area contributed by atoms with Crippen molar-refractivity contribution in [3.05, 3.63) is 120 Å². The molecule has 5 aromatic rings. The smallest absolute Gasteiger partial charge is 0.264 e. The van der Waals surface area contributed by atoms with Crippen molar-refractivity contribution < 1.29 is 19.8 Å². The minimum absolute atomic E-state index is 0.0149. The summed E-state index contributed by atoms with van der Waals surface area (Å²) in [6, 6.07) is 22.8. The number of carbonyl (C=O) groups excluding carboxylic acids is 2. The second-order valence-electron chi connectivity index (χ2n) is 11.4. The monoisotopic (exact) mass is 604 g/mol. The van der Waals surface area contributed by atoms with Crippen molar-refractivity contribution in [2.75, 3.05) is 16.8 Å². The van der Waals surface area contributed by atoms with Gasteiger partial charge in [0.1, 0.15) is 0 Å². The molecule has 45 heavy (non-hydrogen) atoms. The first kappa shape index (κ1) is 30.0. The van der Waals surface area contributed by atoms with Crippen LogP contribution in [-0.4, -0.2) is 48.6 Å². The van der Waals surface area contributed by atoms with Crippen molar-refractivity contribution in [2.24, 2.45) is 5.92 Å². The van der Waals surface area contributed by atoms with Gasteiger partial charge in [0.15, 0.2) is 5.60 Å². The van der Waals surface area contributed by atoms with Crippen LogP contribution >= 0.6 is 0 Å². The molecule has 0 radical (unpaired) electrons. The zero-order valence-electron chi connectivity index (χ0n) is 25.1. The molecule has 0 aliphatic carbocycles. The lowest BCUT2D eigenvalue weighted by Crippen LogP contribution is -2.44. The molecule has 2 aromatic heterocycles. The van der Waals surface area contributed by atoms with Crippen LogP contribution in [0.3, 0.4) is 0 Å². The Kier molecular flexibility index (Phi) is 8.59. The van der Waals surface area contributed by atoms with E-state index < -0.39 is 17.4 Å². The number of amides is 2. The Hall–Kier alpha value is -5.06. The van der Waals surface area contributed by atoms with Crippen molar-refractivity contribution in [3.63, 3.8) is 0 Å². The Labute approximate surface area is 261 Å². The fraction of sp³-hybridized carbons (Fsp3) is 0.257. The summed E-state index contributed by atoms with van der Waals surface area (Å²) in [5.41, 5.74) is 3.26. The van der Waals surface area contributed by atoms with E-state index in [-0.39, 0.29) is 18.9 Å². The van der Waals surface area contributed by atoms with Crippen molar-refractivity contribution in [2.45, 2.75) is 44.9 Å². The number of aliphatic hydroxyl groups excluding tert-OH is 1. The van der Waals surface area contributed by atoms with Crippen molar-refractivity contribution in [3.8, 4) is 0 Å².